The minimum absolute atomic E-state index is 0.00839. The number of ether oxygens (including phenoxy) is 1. The number of nitrogens with zero attached hydrogens (tertiary/aromatic N) is 5. The van der Waals surface area contributed by atoms with Crippen LogP contribution in [0.5, 0.6) is 6.01 Å². The first kappa shape index (κ1) is 18.5. The van der Waals surface area contributed by atoms with Crippen molar-refractivity contribution in [3.8, 4) is 6.01 Å². The predicted octanol–water partition coefficient (Wildman–Crippen LogP) is 2.73. The SMILES string of the molecule is CC1CCCN(c2nc(Cl)nc(OCC3(CN(C)C)CC3(F)F)n2)C1. The second-order valence-electron chi connectivity index (χ2n) is 7.57. The van der Waals surface area contributed by atoms with Crippen molar-refractivity contribution in [1.82, 2.24) is 19.9 Å². The molecular formula is C16H24ClF2N5O. The zero-order valence-electron chi connectivity index (χ0n) is 14.8. The Balaban J connectivity index is 1.70. The molecular weight excluding hydrogens is 352 g/mol. The molecule has 2 heterocycles. The zero-order valence-corrected chi connectivity index (χ0v) is 15.6. The van der Waals surface area contributed by atoms with Crippen molar-refractivity contribution in [3.05, 3.63) is 5.28 Å². The molecule has 2 fully saturated rings. The van der Waals surface area contributed by atoms with Crippen LogP contribution in [0.1, 0.15) is 26.2 Å². The average molecular weight is 376 g/mol. The second kappa shape index (κ2) is 6.79. The molecule has 2 aliphatic rings. The molecule has 9 heteroatoms. The first-order valence-electron chi connectivity index (χ1n) is 8.53. The number of hydrogen-bond donors (Lipinski definition) is 0. The quantitative estimate of drug-likeness (QED) is 0.762. The highest BCUT2D eigenvalue weighted by atomic mass is 35.5. The van der Waals surface area contributed by atoms with E-state index in [2.05, 4.69) is 21.9 Å². The summed E-state index contributed by atoms with van der Waals surface area (Å²) in [6.07, 6.45) is 2.03. The zero-order chi connectivity index (χ0) is 18.2. The third-order valence-electron chi connectivity index (χ3n) is 4.82. The van der Waals surface area contributed by atoms with E-state index in [9.17, 15) is 8.78 Å². The minimum Gasteiger partial charge on any atom is -0.462 e. The Morgan fingerprint density at radius 3 is 2.64 bits per heavy atom. The maximum Gasteiger partial charge on any atom is 0.322 e. The van der Waals surface area contributed by atoms with Gasteiger partial charge in [0.05, 0.1) is 5.41 Å². The maximum absolute atomic E-state index is 13.8. The molecule has 0 N–H and O–H groups in total. The summed E-state index contributed by atoms with van der Waals surface area (Å²) in [6, 6.07) is 0.00839. The predicted molar refractivity (Wildman–Crippen MR) is 91.5 cm³/mol. The van der Waals surface area contributed by atoms with E-state index in [4.69, 9.17) is 16.3 Å². The maximum atomic E-state index is 13.8. The van der Waals surface area contributed by atoms with E-state index < -0.39 is 11.3 Å². The Morgan fingerprint density at radius 2 is 2.04 bits per heavy atom. The van der Waals surface area contributed by atoms with E-state index in [1.54, 1.807) is 19.0 Å². The van der Waals surface area contributed by atoms with Gasteiger partial charge in [0, 0.05) is 26.1 Å². The van der Waals surface area contributed by atoms with E-state index in [1.165, 1.54) is 6.42 Å². The van der Waals surface area contributed by atoms with Gasteiger partial charge in [0.2, 0.25) is 11.2 Å². The van der Waals surface area contributed by atoms with Crippen LogP contribution >= 0.6 is 11.6 Å². The van der Waals surface area contributed by atoms with Crippen LogP contribution in [0.4, 0.5) is 14.7 Å². The van der Waals surface area contributed by atoms with E-state index in [0.717, 1.165) is 19.5 Å². The molecule has 1 aliphatic carbocycles. The largest absolute Gasteiger partial charge is 0.462 e. The van der Waals surface area contributed by atoms with Gasteiger partial charge in [-0.15, -0.1) is 0 Å². The smallest absolute Gasteiger partial charge is 0.322 e. The molecule has 1 saturated heterocycles. The van der Waals surface area contributed by atoms with Crippen molar-refractivity contribution >= 4 is 17.5 Å². The minimum atomic E-state index is -2.72. The lowest BCUT2D eigenvalue weighted by Gasteiger charge is -2.30. The third-order valence-corrected chi connectivity index (χ3v) is 4.99. The Morgan fingerprint density at radius 1 is 1.32 bits per heavy atom. The van der Waals surface area contributed by atoms with Crippen molar-refractivity contribution in [2.45, 2.75) is 32.1 Å². The lowest BCUT2D eigenvalue weighted by Crippen LogP contribution is -2.36. The first-order valence-corrected chi connectivity index (χ1v) is 8.90. The van der Waals surface area contributed by atoms with Crippen LogP contribution in [0.25, 0.3) is 0 Å². The van der Waals surface area contributed by atoms with Crippen LogP contribution in [0.3, 0.4) is 0 Å². The summed E-state index contributed by atoms with van der Waals surface area (Å²) in [5.74, 6) is -1.73. The number of hydrogen-bond acceptors (Lipinski definition) is 6. The molecule has 1 saturated carbocycles. The van der Waals surface area contributed by atoms with E-state index in [0.29, 0.717) is 11.9 Å². The number of piperidine rings is 1. The highest BCUT2D eigenvalue weighted by Gasteiger charge is 2.71. The third kappa shape index (κ3) is 4.11. The van der Waals surface area contributed by atoms with Crippen molar-refractivity contribution < 1.29 is 13.5 Å². The van der Waals surface area contributed by atoms with E-state index in [1.807, 2.05) is 4.90 Å². The van der Waals surface area contributed by atoms with Crippen molar-refractivity contribution in [2.24, 2.45) is 11.3 Å². The molecule has 3 rings (SSSR count). The van der Waals surface area contributed by atoms with Gasteiger partial charge in [-0.25, -0.2) is 8.78 Å². The summed E-state index contributed by atoms with van der Waals surface area (Å²) in [5.41, 5.74) is -1.19. The molecule has 140 valence electrons. The van der Waals surface area contributed by atoms with Gasteiger partial charge >= 0.3 is 6.01 Å². The van der Waals surface area contributed by atoms with Crippen molar-refractivity contribution in [1.29, 1.82) is 0 Å². The van der Waals surface area contributed by atoms with Crippen LogP contribution < -0.4 is 9.64 Å². The average Bonchev–Trinajstić information content (AvgIpc) is 3.04. The Labute approximate surface area is 151 Å². The highest BCUT2D eigenvalue weighted by molar-refractivity contribution is 6.28. The topological polar surface area (TPSA) is 54.4 Å². The van der Waals surface area contributed by atoms with Crippen LogP contribution in [-0.2, 0) is 0 Å². The molecule has 0 radical (unpaired) electrons. The van der Waals surface area contributed by atoms with Gasteiger partial charge in [0.15, 0.2) is 0 Å². The van der Waals surface area contributed by atoms with Gasteiger partial charge in [-0.05, 0) is 44.5 Å². The number of alkyl halides is 2. The molecule has 2 atom stereocenters. The molecule has 1 aromatic heterocycles. The normalized spacial score (nSPS) is 28.3. The monoisotopic (exact) mass is 375 g/mol. The molecule has 2 unspecified atom stereocenters. The van der Waals surface area contributed by atoms with Crippen LogP contribution in [0.15, 0.2) is 0 Å². The lowest BCUT2D eigenvalue weighted by atomic mass is 10.0. The summed E-state index contributed by atoms with van der Waals surface area (Å²) < 4.78 is 33.2. The first-order chi connectivity index (χ1) is 11.7. The molecule has 0 bridgehead atoms. The molecule has 1 aliphatic heterocycles. The van der Waals surface area contributed by atoms with Gasteiger partial charge in [0.1, 0.15) is 6.61 Å². The number of rotatable bonds is 6. The Kier molecular flexibility index (Phi) is 5.03. The molecule has 1 aromatic rings. The Bertz CT molecular complexity index is 633. The molecule has 0 amide bonds. The van der Waals surface area contributed by atoms with Crippen molar-refractivity contribution in [3.63, 3.8) is 0 Å². The summed E-state index contributed by atoms with van der Waals surface area (Å²) in [5, 5.41) is 0.0162. The summed E-state index contributed by atoms with van der Waals surface area (Å²) in [4.78, 5) is 16.2. The lowest BCUT2D eigenvalue weighted by molar-refractivity contribution is 0.0287. The second-order valence-corrected chi connectivity index (χ2v) is 7.91. The fourth-order valence-electron chi connectivity index (χ4n) is 3.46. The highest BCUT2D eigenvalue weighted by Crippen LogP contribution is 2.60. The Hall–Kier alpha value is -1.28. The fraction of sp³-hybridized carbons (Fsp3) is 0.812. The van der Waals surface area contributed by atoms with Crippen LogP contribution in [0.2, 0.25) is 5.28 Å². The molecule has 0 aromatic carbocycles. The number of aromatic nitrogens is 3. The van der Waals surface area contributed by atoms with Gasteiger partial charge in [-0.3, -0.25) is 0 Å². The summed E-state index contributed by atoms with van der Waals surface area (Å²) in [6.45, 7) is 3.95. The van der Waals surface area contributed by atoms with Gasteiger partial charge in [-0.2, -0.15) is 15.0 Å². The molecule has 0 spiro atoms. The molecule has 6 nitrogen and oxygen atoms in total. The van der Waals surface area contributed by atoms with Gasteiger partial charge in [-0.1, -0.05) is 6.92 Å². The van der Waals surface area contributed by atoms with Crippen LogP contribution in [0, 0.1) is 11.3 Å². The van der Waals surface area contributed by atoms with E-state index >= 15 is 0 Å². The van der Waals surface area contributed by atoms with Crippen LogP contribution in [-0.4, -0.2) is 66.1 Å². The van der Waals surface area contributed by atoms with Gasteiger partial charge < -0.3 is 14.5 Å². The number of anilines is 1. The van der Waals surface area contributed by atoms with E-state index in [-0.39, 0.29) is 30.9 Å². The van der Waals surface area contributed by atoms with Gasteiger partial charge in [0.25, 0.3) is 5.92 Å². The number of halogens is 3. The summed E-state index contributed by atoms with van der Waals surface area (Å²) in [7, 11) is 3.54. The standard InChI is InChI=1S/C16H24ClF2N5O/c1-11-5-4-6-24(7-11)13-20-12(17)21-14(22-13)25-10-15(9-23(2)3)8-16(15,18)19/h11H,4-10H2,1-3H3. The summed E-state index contributed by atoms with van der Waals surface area (Å²) >= 11 is 5.99. The fourth-order valence-corrected chi connectivity index (χ4v) is 3.61. The van der Waals surface area contributed by atoms with Crippen molar-refractivity contribution in [2.75, 3.05) is 45.2 Å². The molecule has 25 heavy (non-hydrogen) atoms.